The molecule has 0 radical (unpaired) electrons. The molecular formula is C24H48N2S6. The minimum absolute atomic E-state index is 1.09. The molecule has 0 spiro atoms. The van der Waals surface area contributed by atoms with E-state index in [0.717, 1.165) is 34.8 Å². The van der Waals surface area contributed by atoms with E-state index < -0.39 is 0 Å². The maximum atomic E-state index is 5.69. The van der Waals surface area contributed by atoms with Gasteiger partial charge >= 0.3 is 0 Å². The van der Waals surface area contributed by atoms with E-state index in [4.69, 9.17) is 24.4 Å². The topological polar surface area (TPSA) is 6.48 Å². The molecule has 0 aliphatic carbocycles. The van der Waals surface area contributed by atoms with Crippen LogP contribution in [0.3, 0.4) is 0 Å². The van der Waals surface area contributed by atoms with E-state index in [0.29, 0.717) is 0 Å². The average molecular weight is 557 g/mol. The third kappa shape index (κ3) is 19.5. The van der Waals surface area contributed by atoms with Crippen LogP contribution in [0.5, 0.6) is 0 Å². The van der Waals surface area contributed by atoms with Gasteiger partial charge in [0.15, 0.2) is 0 Å². The lowest BCUT2D eigenvalue weighted by Crippen LogP contribution is -2.29. The van der Waals surface area contributed by atoms with E-state index in [-0.39, 0.29) is 0 Å². The van der Waals surface area contributed by atoms with E-state index >= 15 is 0 Å². The van der Waals surface area contributed by atoms with Crippen molar-refractivity contribution in [3.8, 4) is 0 Å². The van der Waals surface area contributed by atoms with E-state index in [1.165, 1.54) is 88.6 Å². The molecule has 0 aliphatic rings. The summed E-state index contributed by atoms with van der Waals surface area (Å²) in [5.74, 6) is 2.41. The van der Waals surface area contributed by atoms with Gasteiger partial charge in [0.05, 0.1) is 0 Å². The molecule has 0 saturated carbocycles. The maximum Gasteiger partial charge on any atom is 0.147 e. The van der Waals surface area contributed by atoms with Crippen LogP contribution in [-0.2, 0) is 0 Å². The second kappa shape index (κ2) is 25.3. The van der Waals surface area contributed by atoms with Crippen LogP contribution in [0.2, 0.25) is 0 Å². The van der Waals surface area contributed by atoms with Crippen molar-refractivity contribution in [2.24, 2.45) is 0 Å². The summed E-state index contributed by atoms with van der Waals surface area (Å²) < 4.78 is 2.18. The molecule has 0 bridgehead atoms. The Morgan fingerprint density at radius 1 is 0.500 bits per heavy atom. The quantitative estimate of drug-likeness (QED) is 0.0773. The molecule has 0 saturated heterocycles. The molecule has 8 heteroatoms. The third-order valence-electron chi connectivity index (χ3n) is 5.11. The predicted octanol–water partition coefficient (Wildman–Crippen LogP) is 9.68. The van der Waals surface area contributed by atoms with Gasteiger partial charge in [0, 0.05) is 37.7 Å². The molecule has 190 valence electrons. The first-order valence-corrected chi connectivity index (χ1v) is 18.2. The second-order valence-corrected chi connectivity index (χ2v) is 14.2. The maximum absolute atomic E-state index is 5.69. The Balaban J connectivity index is 3.77. The molecule has 0 amide bonds. The van der Waals surface area contributed by atoms with Crippen LogP contribution < -0.4 is 0 Å². The highest BCUT2D eigenvalue weighted by Crippen LogP contribution is 2.29. The molecule has 0 aliphatic heterocycles. The molecule has 0 rings (SSSR count). The van der Waals surface area contributed by atoms with Gasteiger partial charge in [-0.2, -0.15) is 0 Å². The second-order valence-electron chi connectivity index (χ2n) is 8.14. The molecule has 32 heavy (non-hydrogen) atoms. The van der Waals surface area contributed by atoms with Crippen molar-refractivity contribution in [3.63, 3.8) is 0 Å². The number of hydrogen-bond donors (Lipinski definition) is 0. The minimum atomic E-state index is 1.09. The zero-order valence-electron chi connectivity index (χ0n) is 21.1. The zero-order valence-corrected chi connectivity index (χ0v) is 26.0. The summed E-state index contributed by atoms with van der Waals surface area (Å²) in [5.41, 5.74) is 0. The molecule has 0 aromatic rings. The van der Waals surface area contributed by atoms with Crippen LogP contribution in [-0.4, -0.2) is 56.1 Å². The highest BCUT2D eigenvalue weighted by Gasteiger charge is 2.10. The molecule has 0 N–H and O–H groups in total. The lowest BCUT2D eigenvalue weighted by molar-refractivity contribution is 0.411. The van der Waals surface area contributed by atoms with Crippen LogP contribution >= 0.6 is 67.6 Å². The Kier molecular flexibility index (Phi) is 26.2. The number of hydrogen-bond acceptors (Lipinski definition) is 6. The molecule has 0 fully saturated rings. The first kappa shape index (κ1) is 33.2. The average Bonchev–Trinajstić information content (AvgIpc) is 2.80. The zero-order chi connectivity index (χ0) is 23.9. The van der Waals surface area contributed by atoms with Crippen LogP contribution in [0, 0.1) is 0 Å². The first-order chi connectivity index (χ1) is 15.6. The van der Waals surface area contributed by atoms with Gasteiger partial charge in [-0.25, -0.2) is 0 Å². The van der Waals surface area contributed by atoms with Crippen molar-refractivity contribution >= 4 is 76.3 Å². The number of rotatable bonds is 21. The van der Waals surface area contributed by atoms with E-state index in [9.17, 15) is 0 Å². The van der Waals surface area contributed by atoms with Crippen molar-refractivity contribution < 1.29 is 0 Å². The molecular weight excluding hydrogens is 509 g/mol. The molecule has 0 aromatic carbocycles. The van der Waals surface area contributed by atoms with Crippen molar-refractivity contribution in [1.82, 2.24) is 9.80 Å². The minimum Gasteiger partial charge on any atom is -0.357 e. The van der Waals surface area contributed by atoms with Crippen LogP contribution in [0.25, 0.3) is 0 Å². The monoisotopic (exact) mass is 556 g/mol. The summed E-state index contributed by atoms with van der Waals surface area (Å²) in [6.45, 7) is 13.5. The van der Waals surface area contributed by atoms with Crippen molar-refractivity contribution in [3.05, 3.63) is 0 Å². The standard InChI is InChI=1S/C24H48N2S6/c1-5-9-17-25(18-10-6-2)23(27)31-29-21-15-13-14-16-22-30-32-24(28)26(19-11-7-3)20-12-8-4/h5-22H2,1-4H3. The number of nitrogens with zero attached hydrogens (tertiary/aromatic N) is 2. The molecule has 0 atom stereocenters. The molecule has 0 aromatic heterocycles. The molecule has 0 heterocycles. The van der Waals surface area contributed by atoms with Crippen molar-refractivity contribution in [2.45, 2.75) is 105 Å². The number of thiocarbonyl (C=S) groups is 2. The normalized spacial score (nSPS) is 11.0. The lowest BCUT2D eigenvalue weighted by Gasteiger charge is -2.24. The van der Waals surface area contributed by atoms with Crippen LogP contribution in [0.15, 0.2) is 0 Å². The summed E-state index contributed by atoms with van der Waals surface area (Å²) >= 11 is 11.4. The fourth-order valence-electron chi connectivity index (χ4n) is 2.95. The summed E-state index contributed by atoms with van der Waals surface area (Å²) in [5, 5.41) is 0. The lowest BCUT2D eigenvalue weighted by atomic mass is 10.2. The van der Waals surface area contributed by atoms with Gasteiger partial charge in [-0.1, -0.05) is 112 Å². The smallest absolute Gasteiger partial charge is 0.147 e. The Bertz CT molecular complexity index is 394. The highest BCUT2D eigenvalue weighted by atomic mass is 33.1. The fraction of sp³-hybridized carbons (Fsp3) is 0.917. The first-order valence-electron chi connectivity index (χ1n) is 12.8. The molecule has 0 unspecified atom stereocenters. The van der Waals surface area contributed by atoms with Gasteiger partial charge < -0.3 is 9.80 Å². The SMILES string of the molecule is CCCCN(CCCC)C(=S)SSCCCCCCSSC(=S)N(CCCC)CCCC. The van der Waals surface area contributed by atoms with Gasteiger partial charge in [-0.3, -0.25) is 0 Å². The van der Waals surface area contributed by atoms with Gasteiger partial charge in [-0.15, -0.1) is 0 Å². The summed E-state index contributed by atoms with van der Waals surface area (Å²) in [4.78, 5) is 4.84. The number of unbranched alkanes of at least 4 members (excludes halogenated alkanes) is 7. The third-order valence-corrected chi connectivity index (χ3v) is 11.4. The van der Waals surface area contributed by atoms with Gasteiger partial charge in [0.1, 0.15) is 8.64 Å². The predicted molar refractivity (Wildman–Crippen MR) is 167 cm³/mol. The van der Waals surface area contributed by atoms with E-state index in [2.05, 4.69) is 37.5 Å². The van der Waals surface area contributed by atoms with Crippen molar-refractivity contribution in [2.75, 3.05) is 37.7 Å². The van der Waals surface area contributed by atoms with Gasteiger partial charge in [-0.05, 0) is 60.1 Å². The largest absolute Gasteiger partial charge is 0.357 e. The van der Waals surface area contributed by atoms with Gasteiger partial charge in [0.2, 0.25) is 0 Å². The summed E-state index contributed by atoms with van der Waals surface area (Å²) in [7, 11) is 7.54. The Morgan fingerprint density at radius 3 is 1.09 bits per heavy atom. The summed E-state index contributed by atoms with van der Waals surface area (Å²) in [6.07, 6.45) is 15.2. The van der Waals surface area contributed by atoms with Crippen molar-refractivity contribution in [1.29, 1.82) is 0 Å². The van der Waals surface area contributed by atoms with Gasteiger partial charge in [0.25, 0.3) is 0 Å². The Hall–Kier alpha value is 1.18. The highest BCUT2D eigenvalue weighted by molar-refractivity contribution is 8.84. The Labute approximate surface area is 227 Å². The molecule has 2 nitrogen and oxygen atoms in total. The van der Waals surface area contributed by atoms with Crippen LogP contribution in [0.4, 0.5) is 0 Å². The van der Waals surface area contributed by atoms with E-state index in [1.54, 1.807) is 0 Å². The Morgan fingerprint density at radius 2 is 0.812 bits per heavy atom. The van der Waals surface area contributed by atoms with Crippen LogP contribution in [0.1, 0.15) is 105 Å². The van der Waals surface area contributed by atoms with E-state index in [1.807, 2.05) is 43.2 Å². The fourth-order valence-corrected chi connectivity index (χ4v) is 8.21. The summed E-state index contributed by atoms with van der Waals surface area (Å²) in [6, 6.07) is 0.